The van der Waals surface area contributed by atoms with Gasteiger partial charge >= 0.3 is 0 Å². The monoisotopic (exact) mass is 402 g/mol. The van der Waals surface area contributed by atoms with Gasteiger partial charge in [0.1, 0.15) is 5.00 Å². The van der Waals surface area contributed by atoms with Crippen LogP contribution in [0.3, 0.4) is 0 Å². The third-order valence-corrected chi connectivity index (χ3v) is 7.24. The van der Waals surface area contributed by atoms with Crippen LogP contribution in [-0.4, -0.2) is 33.0 Å². The van der Waals surface area contributed by atoms with Crippen LogP contribution in [0.4, 0.5) is 5.00 Å². The molecule has 2 rings (SSSR count). The number of nitrogens with two attached hydrogens (primary N) is 1. The number of anilines is 1. The predicted molar refractivity (Wildman–Crippen MR) is 102 cm³/mol. The van der Waals surface area contributed by atoms with Crippen molar-refractivity contribution in [2.75, 3.05) is 11.1 Å². The number of carbonyl (C=O) groups is 2. The average molecular weight is 403 g/mol. The van der Waals surface area contributed by atoms with E-state index in [9.17, 15) is 9.59 Å². The number of aromatic nitrogens is 2. The van der Waals surface area contributed by atoms with E-state index in [1.54, 1.807) is 30.1 Å². The van der Waals surface area contributed by atoms with Gasteiger partial charge in [-0.25, -0.2) is 0 Å². The molecule has 130 valence electrons. The zero-order valence-electron chi connectivity index (χ0n) is 13.4. The Labute approximate surface area is 157 Å². The van der Waals surface area contributed by atoms with E-state index in [2.05, 4.69) is 29.4 Å². The number of thiophene rings is 1. The van der Waals surface area contributed by atoms with E-state index in [-0.39, 0.29) is 11.2 Å². The highest BCUT2D eigenvalue weighted by Crippen LogP contribution is 2.32. The molecule has 2 aromatic rings. The Bertz CT molecular complexity index is 713. The minimum absolute atomic E-state index is 0.198. The molecule has 0 fully saturated rings. The molecule has 2 aromatic heterocycles. The summed E-state index contributed by atoms with van der Waals surface area (Å²) in [7, 11) is 0. The van der Waals surface area contributed by atoms with Gasteiger partial charge in [-0.2, -0.15) is 0 Å². The maximum atomic E-state index is 12.3. The summed E-state index contributed by atoms with van der Waals surface area (Å²) in [6, 6.07) is 1.60. The van der Waals surface area contributed by atoms with Gasteiger partial charge in [-0.15, -0.1) is 21.5 Å². The summed E-state index contributed by atoms with van der Waals surface area (Å²) in [6.07, 6.45) is 0. The SMILES string of the molecule is CC(C)CSc1nnc(S[C@@H](C)C(=O)Nc2sccc2C(N)=O)s1. The molecule has 3 N–H and O–H groups in total. The van der Waals surface area contributed by atoms with Crippen LogP contribution >= 0.6 is 46.2 Å². The summed E-state index contributed by atoms with van der Waals surface area (Å²) in [4.78, 5) is 23.6. The van der Waals surface area contributed by atoms with Gasteiger partial charge in [0.25, 0.3) is 5.91 Å². The molecule has 0 bridgehead atoms. The molecular formula is C14H18N4O2S4. The molecule has 1 atom stereocenters. The van der Waals surface area contributed by atoms with Gasteiger partial charge < -0.3 is 11.1 Å². The first-order valence-electron chi connectivity index (χ1n) is 7.18. The number of thioether (sulfide) groups is 2. The number of primary amides is 1. The second-order valence-electron chi connectivity index (χ2n) is 5.32. The van der Waals surface area contributed by atoms with Crippen molar-refractivity contribution in [1.82, 2.24) is 10.2 Å². The fourth-order valence-corrected chi connectivity index (χ4v) is 5.50. The van der Waals surface area contributed by atoms with Crippen molar-refractivity contribution in [1.29, 1.82) is 0 Å². The molecule has 0 aliphatic rings. The smallest absolute Gasteiger partial charge is 0.251 e. The van der Waals surface area contributed by atoms with Gasteiger partial charge in [0.05, 0.1) is 10.8 Å². The van der Waals surface area contributed by atoms with Crippen molar-refractivity contribution in [3.05, 3.63) is 17.0 Å². The van der Waals surface area contributed by atoms with Gasteiger partial charge in [-0.1, -0.05) is 48.7 Å². The standard InChI is InChI=1S/C14H18N4O2S4/c1-7(2)6-22-13-17-18-14(24-13)23-8(3)11(20)16-12-9(10(15)19)4-5-21-12/h4-5,7-8H,6H2,1-3H3,(H2,15,19)(H,16,20)/t8-/m0/s1. The lowest BCUT2D eigenvalue weighted by Gasteiger charge is -2.09. The second-order valence-corrected chi connectivity index (χ2v) is 10.1. The van der Waals surface area contributed by atoms with E-state index in [0.29, 0.717) is 16.5 Å². The topological polar surface area (TPSA) is 98.0 Å². The van der Waals surface area contributed by atoms with Crippen LogP contribution in [0.1, 0.15) is 31.1 Å². The van der Waals surface area contributed by atoms with Crippen LogP contribution in [0.2, 0.25) is 0 Å². The molecule has 0 aromatic carbocycles. The molecular weight excluding hydrogens is 384 g/mol. The quantitative estimate of drug-likeness (QED) is 0.655. The molecule has 2 heterocycles. The number of hydrogen-bond acceptors (Lipinski definition) is 8. The maximum absolute atomic E-state index is 12.3. The number of amides is 2. The Morgan fingerprint density at radius 3 is 2.67 bits per heavy atom. The van der Waals surface area contributed by atoms with Crippen LogP contribution in [0.5, 0.6) is 0 Å². The highest BCUT2D eigenvalue weighted by Gasteiger charge is 2.20. The number of carbonyl (C=O) groups excluding carboxylic acids is 2. The summed E-state index contributed by atoms with van der Waals surface area (Å²) >= 11 is 5.79. The minimum atomic E-state index is -0.553. The van der Waals surface area contributed by atoms with E-state index < -0.39 is 5.91 Å². The first-order valence-corrected chi connectivity index (χ1v) is 10.7. The van der Waals surface area contributed by atoms with E-state index in [1.165, 1.54) is 34.4 Å². The van der Waals surface area contributed by atoms with Gasteiger partial charge in [-0.05, 0) is 24.3 Å². The molecule has 0 saturated carbocycles. The van der Waals surface area contributed by atoms with E-state index in [0.717, 1.165) is 14.4 Å². The van der Waals surface area contributed by atoms with Gasteiger partial charge in [0.2, 0.25) is 5.91 Å². The van der Waals surface area contributed by atoms with Crippen molar-refractivity contribution in [2.24, 2.45) is 11.7 Å². The minimum Gasteiger partial charge on any atom is -0.366 e. The third-order valence-electron chi connectivity index (χ3n) is 2.74. The summed E-state index contributed by atoms with van der Waals surface area (Å²) in [5.74, 6) is 0.827. The molecule has 0 aliphatic carbocycles. The summed E-state index contributed by atoms with van der Waals surface area (Å²) in [5.41, 5.74) is 5.61. The summed E-state index contributed by atoms with van der Waals surface area (Å²) in [6.45, 7) is 6.10. The molecule has 0 unspecified atom stereocenters. The molecule has 24 heavy (non-hydrogen) atoms. The van der Waals surface area contributed by atoms with E-state index in [1.807, 2.05) is 0 Å². The summed E-state index contributed by atoms with van der Waals surface area (Å²) < 4.78 is 1.67. The molecule has 6 nitrogen and oxygen atoms in total. The van der Waals surface area contributed by atoms with Gasteiger partial charge in [0, 0.05) is 5.75 Å². The Kier molecular flexibility index (Phi) is 7.08. The number of rotatable bonds is 8. The maximum Gasteiger partial charge on any atom is 0.251 e. The van der Waals surface area contributed by atoms with Crippen LogP contribution in [-0.2, 0) is 4.79 Å². The first kappa shape index (κ1) is 19.2. The fraction of sp³-hybridized carbons (Fsp3) is 0.429. The fourth-order valence-electron chi connectivity index (χ4n) is 1.56. The highest BCUT2D eigenvalue weighted by atomic mass is 32.2. The lowest BCUT2D eigenvalue weighted by atomic mass is 10.3. The van der Waals surface area contributed by atoms with Crippen LogP contribution in [0.25, 0.3) is 0 Å². The second kappa shape index (κ2) is 8.84. The van der Waals surface area contributed by atoms with Gasteiger partial charge in [0.15, 0.2) is 8.68 Å². The zero-order valence-corrected chi connectivity index (χ0v) is 16.7. The highest BCUT2D eigenvalue weighted by molar-refractivity contribution is 8.03. The molecule has 0 radical (unpaired) electrons. The lowest BCUT2D eigenvalue weighted by molar-refractivity contribution is -0.115. The van der Waals surface area contributed by atoms with Crippen LogP contribution in [0, 0.1) is 5.92 Å². The number of hydrogen-bond donors (Lipinski definition) is 2. The van der Waals surface area contributed by atoms with E-state index in [4.69, 9.17) is 5.73 Å². The van der Waals surface area contributed by atoms with E-state index >= 15 is 0 Å². The van der Waals surface area contributed by atoms with Crippen molar-refractivity contribution in [3.8, 4) is 0 Å². The molecule has 0 spiro atoms. The van der Waals surface area contributed by atoms with Crippen LogP contribution < -0.4 is 11.1 Å². The largest absolute Gasteiger partial charge is 0.366 e. The first-order chi connectivity index (χ1) is 11.4. The third kappa shape index (κ3) is 5.47. The molecule has 10 heteroatoms. The molecule has 2 amide bonds. The Hall–Kier alpha value is -1.10. The van der Waals surface area contributed by atoms with Crippen molar-refractivity contribution < 1.29 is 9.59 Å². The number of nitrogens with zero attached hydrogens (tertiary/aromatic N) is 2. The zero-order chi connectivity index (χ0) is 17.7. The Morgan fingerprint density at radius 2 is 2.00 bits per heavy atom. The average Bonchev–Trinajstić information content (AvgIpc) is 3.14. The Morgan fingerprint density at radius 1 is 1.29 bits per heavy atom. The van der Waals surface area contributed by atoms with Crippen LogP contribution in [0.15, 0.2) is 20.1 Å². The van der Waals surface area contributed by atoms with Crippen molar-refractivity contribution >= 4 is 63.0 Å². The van der Waals surface area contributed by atoms with Crippen molar-refractivity contribution in [3.63, 3.8) is 0 Å². The normalized spacial score (nSPS) is 12.3. The van der Waals surface area contributed by atoms with Gasteiger partial charge in [-0.3, -0.25) is 9.59 Å². The summed E-state index contributed by atoms with van der Waals surface area (Å²) in [5, 5.41) is 12.8. The van der Waals surface area contributed by atoms with Crippen molar-refractivity contribution in [2.45, 2.75) is 34.7 Å². The molecule has 0 saturated heterocycles. The number of nitrogens with one attached hydrogen (secondary N) is 1. The lowest BCUT2D eigenvalue weighted by Crippen LogP contribution is -2.23. The predicted octanol–water partition coefficient (Wildman–Crippen LogP) is 3.57. The Balaban J connectivity index is 1.92. The molecule has 0 aliphatic heterocycles.